The van der Waals surface area contributed by atoms with Crippen LogP contribution in [0.1, 0.15) is 24.5 Å². The highest BCUT2D eigenvalue weighted by Gasteiger charge is 2.26. The molecule has 3 heteroatoms. The summed E-state index contributed by atoms with van der Waals surface area (Å²) in [6.45, 7) is 0. The third kappa shape index (κ3) is 2.47. The predicted molar refractivity (Wildman–Crippen MR) is 83.4 cm³/mol. The van der Waals surface area contributed by atoms with Crippen LogP contribution < -0.4 is 5.32 Å². The third-order valence-corrected chi connectivity index (χ3v) is 3.85. The molecule has 0 unspecified atom stereocenters. The minimum absolute atomic E-state index is 0.207. The Morgan fingerprint density at radius 3 is 2.57 bits per heavy atom. The summed E-state index contributed by atoms with van der Waals surface area (Å²) >= 11 is 0. The summed E-state index contributed by atoms with van der Waals surface area (Å²) < 4.78 is 13.5. The fraction of sp³-hybridized carbons (Fsp3) is 0.167. The highest BCUT2D eigenvalue weighted by Crippen LogP contribution is 2.41. The van der Waals surface area contributed by atoms with E-state index in [1.54, 1.807) is 12.1 Å². The molecule has 1 aliphatic carbocycles. The molecular weight excluding hydrogens is 263 g/mol. The van der Waals surface area contributed by atoms with Crippen LogP contribution in [0, 0.1) is 5.82 Å². The summed E-state index contributed by atoms with van der Waals surface area (Å²) in [5.41, 5.74) is 2.05. The molecule has 3 aromatic rings. The number of para-hydroxylation sites is 1. The average molecular weight is 278 g/mol. The molecule has 0 spiro atoms. The van der Waals surface area contributed by atoms with E-state index in [9.17, 15) is 4.39 Å². The molecule has 0 radical (unpaired) electrons. The molecule has 1 aliphatic rings. The number of aromatic nitrogens is 1. The van der Waals surface area contributed by atoms with E-state index < -0.39 is 0 Å². The minimum Gasteiger partial charge on any atom is -0.340 e. The Morgan fingerprint density at radius 2 is 1.81 bits per heavy atom. The molecule has 4 rings (SSSR count). The predicted octanol–water partition coefficient (Wildman–Crippen LogP) is 4.99. The van der Waals surface area contributed by atoms with Gasteiger partial charge >= 0.3 is 0 Å². The van der Waals surface area contributed by atoms with E-state index in [0.717, 1.165) is 28.0 Å². The van der Waals surface area contributed by atoms with Crippen LogP contribution in [0.5, 0.6) is 0 Å². The van der Waals surface area contributed by atoms with Gasteiger partial charge in [0.15, 0.2) is 0 Å². The van der Waals surface area contributed by atoms with Crippen molar-refractivity contribution in [2.24, 2.45) is 0 Å². The number of rotatable bonds is 3. The minimum atomic E-state index is -0.207. The number of nitrogens with one attached hydrogen (secondary N) is 1. The lowest BCUT2D eigenvalue weighted by molar-refractivity contribution is 0.629. The Morgan fingerprint density at radius 1 is 1.00 bits per heavy atom. The van der Waals surface area contributed by atoms with Crippen LogP contribution in [0.25, 0.3) is 10.8 Å². The standard InChI is InChI=1S/C18H15FN2/c19-14-8-9-16-13(10-14)11-17(12-6-7-12)21-18(16)20-15-4-2-1-3-5-15/h1-5,8-12H,6-7H2,(H,20,21). The number of hydrogen-bond donors (Lipinski definition) is 1. The van der Waals surface area contributed by atoms with Gasteiger partial charge in [-0.15, -0.1) is 0 Å². The normalized spacial score (nSPS) is 14.3. The maximum Gasteiger partial charge on any atom is 0.138 e. The zero-order chi connectivity index (χ0) is 14.2. The van der Waals surface area contributed by atoms with Gasteiger partial charge in [-0.1, -0.05) is 18.2 Å². The molecular formula is C18H15FN2. The molecule has 0 aliphatic heterocycles. The van der Waals surface area contributed by atoms with Gasteiger partial charge in [-0.2, -0.15) is 0 Å². The van der Waals surface area contributed by atoms with Crippen molar-refractivity contribution in [3.05, 3.63) is 66.1 Å². The topological polar surface area (TPSA) is 24.9 Å². The molecule has 1 heterocycles. The van der Waals surface area contributed by atoms with Gasteiger partial charge < -0.3 is 5.32 Å². The molecule has 1 N–H and O–H groups in total. The Balaban J connectivity index is 1.85. The van der Waals surface area contributed by atoms with Crippen LogP contribution in [0.4, 0.5) is 15.9 Å². The van der Waals surface area contributed by atoms with Crippen molar-refractivity contribution in [1.82, 2.24) is 4.98 Å². The van der Waals surface area contributed by atoms with Crippen LogP contribution in [-0.2, 0) is 0 Å². The number of fused-ring (bicyclic) bond motifs is 1. The van der Waals surface area contributed by atoms with E-state index in [1.165, 1.54) is 18.9 Å². The molecule has 0 amide bonds. The van der Waals surface area contributed by atoms with Gasteiger partial charge in [0.2, 0.25) is 0 Å². The van der Waals surface area contributed by atoms with Crippen LogP contribution >= 0.6 is 0 Å². The number of nitrogens with zero attached hydrogens (tertiary/aromatic N) is 1. The van der Waals surface area contributed by atoms with Gasteiger partial charge in [0.05, 0.1) is 0 Å². The molecule has 1 fully saturated rings. The summed E-state index contributed by atoms with van der Waals surface area (Å²) in [6.07, 6.45) is 2.36. The maximum absolute atomic E-state index is 13.5. The lowest BCUT2D eigenvalue weighted by atomic mass is 10.1. The fourth-order valence-corrected chi connectivity index (χ4v) is 2.59. The number of anilines is 2. The second-order valence-electron chi connectivity index (χ2n) is 5.53. The number of benzene rings is 2. The van der Waals surface area contributed by atoms with Crippen molar-refractivity contribution in [3.63, 3.8) is 0 Å². The molecule has 0 atom stereocenters. The smallest absolute Gasteiger partial charge is 0.138 e. The Kier molecular flexibility index (Phi) is 2.85. The van der Waals surface area contributed by atoms with E-state index in [1.807, 2.05) is 36.4 Å². The molecule has 0 saturated heterocycles. The molecule has 2 nitrogen and oxygen atoms in total. The number of halogens is 1. The van der Waals surface area contributed by atoms with Crippen molar-refractivity contribution >= 4 is 22.3 Å². The number of pyridine rings is 1. The van der Waals surface area contributed by atoms with Crippen LogP contribution in [0.15, 0.2) is 54.6 Å². The lowest BCUT2D eigenvalue weighted by Crippen LogP contribution is -1.98. The highest BCUT2D eigenvalue weighted by molar-refractivity contribution is 5.93. The van der Waals surface area contributed by atoms with Crippen LogP contribution in [0.3, 0.4) is 0 Å². The van der Waals surface area contributed by atoms with E-state index in [0.29, 0.717) is 5.92 Å². The fourth-order valence-electron chi connectivity index (χ4n) is 2.59. The quantitative estimate of drug-likeness (QED) is 0.729. The first kappa shape index (κ1) is 12.3. The summed E-state index contributed by atoms with van der Waals surface area (Å²) in [4.78, 5) is 4.75. The van der Waals surface area contributed by atoms with E-state index in [4.69, 9.17) is 4.98 Å². The molecule has 1 aromatic heterocycles. The number of hydrogen-bond acceptors (Lipinski definition) is 2. The van der Waals surface area contributed by atoms with Crippen LogP contribution in [0.2, 0.25) is 0 Å². The average Bonchev–Trinajstić information content (AvgIpc) is 3.32. The van der Waals surface area contributed by atoms with Crippen molar-refractivity contribution < 1.29 is 4.39 Å². The van der Waals surface area contributed by atoms with Crippen LogP contribution in [-0.4, -0.2) is 4.98 Å². The van der Waals surface area contributed by atoms with Gasteiger partial charge in [0, 0.05) is 22.7 Å². The summed E-state index contributed by atoms with van der Waals surface area (Å²) in [5, 5.41) is 5.21. The SMILES string of the molecule is Fc1ccc2c(Nc3ccccc3)nc(C3CC3)cc2c1. The van der Waals surface area contributed by atoms with Gasteiger partial charge in [-0.05, 0) is 54.6 Å². The van der Waals surface area contributed by atoms with Crippen molar-refractivity contribution in [2.45, 2.75) is 18.8 Å². The van der Waals surface area contributed by atoms with Gasteiger partial charge in [-0.3, -0.25) is 0 Å². The molecule has 104 valence electrons. The molecule has 2 aromatic carbocycles. The van der Waals surface area contributed by atoms with Gasteiger partial charge in [0.1, 0.15) is 11.6 Å². The monoisotopic (exact) mass is 278 g/mol. The second kappa shape index (κ2) is 4.85. The third-order valence-electron chi connectivity index (χ3n) is 3.85. The van der Waals surface area contributed by atoms with Crippen molar-refractivity contribution in [2.75, 3.05) is 5.32 Å². The Bertz CT molecular complexity index is 795. The maximum atomic E-state index is 13.5. The largest absolute Gasteiger partial charge is 0.340 e. The van der Waals surface area contributed by atoms with Gasteiger partial charge in [-0.25, -0.2) is 9.37 Å². The summed E-state index contributed by atoms with van der Waals surface area (Å²) in [5.74, 6) is 1.13. The molecule has 0 bridgehead atoms. The lowest BCUT2D eigenvalue weighted by Gasteiger charge is -2.11. The summed E-state index contributed by atoms with van der Waals surface area (Å²) in [6, 6.07) is 16.8. The van der Waals surface area contributed by atoms with Gasteiger partial charge in [0.25, 0.3) is 0 Å². The Labute approximate surface area is 122 Å². The first-order valence-corrected chi connectivity index (χ1v) is 7.22. The first-order valence-electron chi connectivity index (χ1n) is 7.22. The van der Waals surface area contributed by atoms with E-state index >= 15 is 0 Å². The van der Waals surface area contributed by atoms with Crippen molar-refractivity contribution in [1.29, 1.82) is 0 Å². The van der Waals surface area contributed by atoms with E-state index in [-0.39, 0.29) is 5.82 Å². The zero-order valence-corrected chi connectivity index (χ0v) is 11.5. The second-order valence-corrected chi connectivity index (χ2v) is 5.53. The molecule has 21 heavy (non-hydrogen) atoms. The summed E-state index contributed by atoms with van der Waals surface area (Å²) in [7, 11) is 0. The Hall–Kier alpha value is -2.42. The highest BCUT2D eigenvalue weighted by atomic mass is 19.1. The van der Waals surface area contributed by atoms with Crippen molar-refractivity contribution in [3.8, 4) is 0 Å². The first-order chi connectivity index (χ1) is 10.3. The van der Waals surface area contributed by atoms with E-state index in [2.05, 4.69) is 5.32 Å². The molecule has 1 saturated carbocycles. The zero-order valence-electron chi connectivity index (χ0n) is 11.5.